The van der Waals surface area contributed by atoms with E-state index >= 15 is 0 Å². The van der Waals surface area contributed by atoms with Crippen molar-refractivity contribution in [2.24, 2.45) is 0 Å². The van der Waals surface area contributed by atoms with E-state index in [1.54, 1.807) is 38.4 Å². The number of hydrogen-bond acceptors (Lipinski definition) is 5. The molecular formula is C17H15ClF3N3O3S. The normalized spacial score (nSPS) is 11.1. The zero-order valence-electron chi connectivity index (χ0n) is 14.7. The number of nitrogens with zero attached hydrogens (tertiary/aromatic N) is 2. The van der Waals surface area contributed by atoms with Gasteiger partial charge in [-0.3, -0.25) is 9.59 Å². The van der Waals surface area contributed by atoms with Crippen molar-refractivity contribution in [3.8, 4) is 5.88 Å². The van der Waals surface area contributed by atoms with E-state index in [2.05, 4.69) is 15.0 Å². The van der Waals surface area contributed by atoms with Crippen LogP contribution in [0, 0.1) is 0 Å². The fourth-order valence-electron chi connectivity index (χ4n) is 1.81. The van der Waals surface area contributed by atoms with Crippen LogP contribution in [0.3, 0.4) is 0 Å². The monoisotopic (exact) mass is 433 g/mol. The van der Waals surface area contributed by atoms with E-state index in [0.29, 0.717) is 10.6 Å². The molecular weight excluding hydrogens is 419 g/mol. The van der Waals surface area contributed by atoms with Crippen LogP contribution in [0.25, 0.3) is 0 Å². The van der Waals surface area contributed by atoms with Crippen LogP contribution in [0.15, 0.2) is 41.4 Å². The maximum atomic E-state index is 12.3. The predicted molar refractivity (Wildman–Crippen MR) is 100 cm³/mol. The van der Waals surface area contributed by atoms with E-state index in [-0.39, 0.29) is 15.8 Å². The van der Waals surface area contributed by atoms with Gasteiger partial charge >= 0.3 is 6.18 Å². The first-order chi connectivity index (χ1) is 13.0. The number of nitrogens with one attached hydrogen (secondary N) is 1. The Morgan fingerprint density at radius 2 is 1.89 bits per heavy atom. The molecule has 2 amide bonds. The van der Waals surface area contributed by atoms with Gasteiger partial charge in [-0.1, -0.05) is 11.6 Å². The molecule has 11 heteroatoms. The third-order valence-corrected chi connectivity index (χ3v) is 4.44. The van der Waals surface area contributed by atoms with Gasteiger partial charge in [0.15, 0.2) is 6.61 Å². The highest BCUT2D eigenvalue weighted by atomic mass is 35.5. The summed E-state index contributed by atoms with van der Waals surface area (Å²) < 4.78 is 41.0. The van der Waals surface area contributed by atoms with E-state index in [4.69, 9.17) is 11.6 Å². The summed E-state index contributed by atoms with van der Waals surface area (Å²) in [5.41, 5.74) is 0.505. The Balaban J connectivity index is 2.00. The molecule has 2 rings (SSSR count). The molecule has 0 spiro atoms. The zero-order chi connectivity index (χ0) is 20.9. The van der Waals surface area contributed by atoms with Gasteiger partial charge in [0, 0.05) is 30.9 Å². The molecule has 6 nitrogen and oxygen atoms in total. The molecule has 0 unspecified atom stereocenters. The summed E-state index contributed by atoms with van der Waals surface area (Å²) in [5.74, 6) is -0.968. The first-order valence-corrected chi connectivity index (χ1v) is 8.90. The van der Waals surface area contributed by atoms with Gasteiger partial charge in [0.1, 0.15) is 5.02 Å². The van der Waals surface area contributed by atoms with Crippen LogP contribution in [-0.4, -0.2) is 47.9 Å². The molecule has 0 saturated heterocycles. The van der Waals surface area contributed by atoms with Gasteiger partial charge in [0.05, 0.1) is 5.56 Å². The van der Waals surface area contributed by atoms with Gasteiger partial charge in [0.25, 0.3) is 11.1 Å². The number of carbonyl (C=O) groups excluding carboxylic acids is 2. The molecule has 0 bridgehead atoms. The lowest BCUT2D eigenvalue weighted by Crippen LogP contribution is -2.20. The van der Waals surface area contributed by atoms with Gasteiger partial charge < -0.3 is 15.0 Å². The van der Waals surface area contributed by atoms with Gasteiger partial charge in [0.2, 0.25) is 5.88 Å². The smallest absolute Gasteiger partial charge is 0.422 e. The number of rotatable bonds is 5. The second kappa shape index (κ2) is 9.16. The quantitative estimate of drug-likeness (QED) is 0.692. The lowest BCUT2D eigenvalue weighted by molar-refractivity contribution is -0.154. The highest BCUT2D eigenvalue weighted by Gasteiger charge is 2.29. The van der Waals surface area contributed by atoms with E-state index in [9.17, 15) is 22.8 Å². The number of halogens is 4. The maximum Gasteiger partial charge on any atom is 0.422 e. The highest BCUT2D eigenvalue weighted by molar-refractivity contribution is 8.13. The topological polar surface area (TPSA) is 71.5 Å². The van der Waals surface area contributed by atoms with Crippen molar-refractivity contribution in [2.75, 3.05) is 26.0 Å². The van der Waals surface area contributed by atoms with E-state index in [1.807, 2.05) is 0 Å². The molecule has 0 saturated carbocycles. The van der Waals surface area contributed by atoms with Gasteiger partial charge in [-0.15, -0.1) is 0 Å². The average Bonchev–Trinajstić information content (AvgIpc) is 2.61. The number of ether oxygens (including phenoxy) is 1. The lowest BCUT2D eigenvalue weighted by Gasteiger charge is -2.11. The average molecular weight is 434 g/mol. The van der Waals surface area contributed by atoms with Crippen molar-refractivity contribution in [3.63, 3.8) is 0 Å². The Morgan fingerprint density at radius 1 is 1.25 bits per heavy atom. The van der Waals surface area contributed by atoms with Crippen molar-refractivity contribution >= 4 is 40.2 Å². The third-order valence-electron chi connectivity index (χ3n) is 3.12. The molecule has 0 atom stereocenters. The first-order valence-electron chi connectivity index (χ1n) is 7.71. The summed E-state index contributed by atoms with van der Waals surface area (Å²) in [6.45, 7) is -1.54. The second-order valence-corrected chi connectivity index (χ2v) is 7.09. The number of alkyl halides is 3. The number of thioether (sulfide) groups is 1. The molecule has 0 fully saturated rings. The Labute approximate surface area is 168 Å². The summed E-state index contributed by atoms with van der Waals surface area (Å²) in [4.78, 5) is 29.7. The van der Waals surface area contributed by atoms with Crippen molar-refractivity contribution in [1.29, 1.82) is 0 Å². The van der Waals surface area contributed by atoms with Crippen LogP contribution in [0.2, 0.25) is 5.02 Å². The van der Waals surface area contributed by atoms with Crippen LogP contribution in [-0.2, 0) is 0 Å². The predicted octanol–water partition coefficient (Wildman–Crippen LogP) is 4.70. The van der Waals surface area contributed by atoms with E-state index < -0.39 is 24.6 Å². The number of amides is 2. The molecule has 1 aromatic carbocycles. The Morgan fingerprint density at radius 3 is 2.43 bits per heavy atom. The molecule has 1 aromatic heterocycles. The van der Waals surface area contributed by atoms with Crippen LogP contribution < -0.4 is 10.1 Å². The van der Waals surface area contributed by atoms with Gasteiger partial charge in [-0.05, 0) is 42.1 Å². The molecule has 0 radical (unpaired) electrons. The summed E-state index contributed by atoms with van der Waals surface area (Å²) in [5, 5.41) is 2.25. The van der Waals surface area contributed by atoms with E-state index in [1.165, 1.54) is 4.90 Å². The van der Waals surface area contributed by atoms with Crippen molar-refractivity contribution in [2.45, 2.75) is 11.1 Å². The third kappa shape index (κ3) is 6.61. The highest BCUT2D eigenvalue weighted by Crippen LogP contribution is 2.26. The van der Waals surface area contributed by atoms with Crippen molar-refractivity contribution in [1.82, 2.24) is 9.88 Å². The fraction of sp³-hybridized carbons (Fsp3) is 0.235. The standard InChI is InChI=1S/C17H15ClF3N3O3S/c1-24(2)16(26)28-12-5-3-11(4-6-12)23-14(25)10-7-13(18)15(22-8-10)27-9-17(19,20)21/h3-8H,9H2,1-2H3,(H,23,25). The minimum absolute atomic E-state index is 0.0468. The number of hydrogen-bond donors (Lipinski definition) is 1. The summed E-state index contributed by atoms with van der Waals surface area (Å²) in [7, 11) is 3.28. The number of pyridine rings is 1. The summed E-state index contributed by atoms with van der Waals surface area (Å²) in [6.07, 6.45) is -3.46. The fourth-order valence-corrected chi connectivity index (χ4v) is 2.68. The van der Waals surface area contributed by atoms with Crippen LogP contribution >= 0.6 is 23.4 Å². The molecule has 2 aromatic rings. The second-order valence-electron chi connectivity index (χ2n) is 5.66. The molecule has 1 N–H and O–H groups in total. The Kier molecular flexibility index (Phi) is 7.14. The Bertz CT molecular complexity index is 861. The van der Waals surface area contributed by atoms with Crippen LogP contribution in [0.4, 0.5) is 23.7 Å². The molecule has 0 aliphatic heterocycles. The summed E-state index contributed by atoms with van der Waals surface area (Å²) in [6, 6.07) is 7.72. The number of aromatic nitrogens is 1. The molecule has 150 valence electrons. The minimum atomic E-state index is -4.53. The molecule has 28 heavy (non-hydrogen) atoms. The molecule has 0 aliphatic carbocycles. The lowest BCUT2D eigenvalue weighted by atomic mass is 10.2. The molecule has 0 aliphatic rings. The zero-order valence-corrected chi connectivity index (χ0v) is 16.3. The van der Waals surface area contributed by atoms with Crippen LogP contribution in [0.1, 0.15) is 10.4 Å². The van der Waals surface area contributed by atoms with E-state index in [0.717, 1.165) is 24.0 Å². The van der Waals surface area contributed by atoms with Crippen LogP contribution in [0.5, 0.6) is 5.88 Å². The van der Waals surface area contributed by atoms with Gasteiger partial charge in [-0.2, -0.15) is 13.2 Å². The minimum Gasteiger partial charge on any atom is -0.467 e. The number of carbonyl (C=O) groups is 2. The molecule has 1 heterocycles. The maximum absolute atomic E-state index is 12.3. The van der Waals surface area contributed by atoms with Gasteiger partial charge in [-0.25, -0.2) is 4.98 Å². The number of anilines is 1. The van der Waals surface area contributed by atoms with Crippen molar-refractivity contribution in [3.05, 3.63) is 47.1 Å². The first kappa shape index (κ1) is 21.8. The largest absolute Gasteiger partial charge is 0.467 e. The Hall–Kier alpha value is -2.46. The summed E-state index contributed by atoms with van der Waals surface area (Å²) >= 11 is 6.86. The number of benzene rings is 1. The SMILES string of the molecule is CN(C)C(=O)Sc1ccc(NC(=O)c2cnc(OCC(F)(F)F)c(Cl)c2)cc1. The van der Waals surface area contributed by atoms with Crippen molar-refractivity contribution < 1.29 is 27.5 Å².